The Hall–Kier alpha value is -1.81. The van der Waals surface area contributed by atoms with Crippen molar-refractivity contribution in [2.75, 3.05) is 19.6 Å². The highest BCUT2D eigenvalue weighted by Gasteiger charge is 2.25. The number of nitro benzene ring substituents is 1. The van der Waals surface area contributed by atoms with E-state index in [2.05, 4.69) is 15.0 Å². The third kappa shape index (κ3) is 5.13. The second-order valence-electron chi connectivity index (χ2n) is 6.63. The molecule has 1 aliphatic rings. The monoisotopic (exact) mass is 409 g/mol. The molecule has 2 aromatic rings. The maximum Gasteiger partial charge on any atom is 0.270 e. The van der Waals surface area contributed by atoms with Crippen LogP contribution in [-0.2, 0) is 10.0 Å². The predicted octanol–water partition coefficient (Wildman–Crippen LogP) is 3.55. The SMILES string of the molecule is O=[N+]([O-])c1cccc(S(=O)(=O)NCC(c2ccsc2)N2CCCCCC2)c1. The zero-order chi connectivity index (χ0) is 19.3. The van der Waals surface area contributed by atoms with Gasteiger partial charge in [-0.25, -0.2) is 13.1 Å². The maximum absolute atomic E-state index is 12.7. The molecule has 0 spiro atoms. The molecule has 1 saturated heterocycles. The van der Waals surface area contributed by atoms with E-state index in [4.69, 9.17) is 0 Å². The molecule has 0 amide bonds. The molecule has 0 radical (unpaired) electrons. The van der Waals surface area contributed by atoms with Crippen LogP contribution in [0.4, 0.5) is 5.69 Å². The fourth-order valence-corrected chi connectivity index (χ4v) is 5.15. The van der Waals surface area contributed by atoms with Crippen molar-refractivity contribution in [3.05, 3.63) is 56.8 Å². The topological polar surface area (TPSA) is 92.5 Å². The van der Waals surface area contributed by atoms with Gasteiger partial charge in [0.15, 0.2) is 0 Å². The highest BCUT2D eigenvalue weighted by molar-refractivity contribution is 7.89. The summed E-state index contributed by atoms with van der Waals surface area (Å²) < 4.78 is 28.0. The van der Waals surface area contributed by atoms with E-state index in [0.29, 0.717) is 0 Å². The van der Waals surface area contributed by atoms with E-state index in [0.717, 1.165) is 37.6 Å². The molecule has 27 heavy (non-hydrogen) atoms. The van der Waals surface area contributed by atoms with Gasteiger partial charge < -0.3 is 0 Å². The first-order valence-electron chi connectivity index (χ1n) is 8.97. The first kappa shape index (κ1) is 19.9. The van der Waals surface area contributed by atoms with Gasteiger partial charge in [-0.15, -0.1) is 0 Å². The number of likely N-dealkylation sites (tertiary alicyclic amines) is 1. The lowest BCUT2D eigenvalue weighted by Crippen LogP contribution is -2.38. The summed E-state index contributed by atoms with van der Waals surface area (Å²) in [6, 6.07) is 7.13. The Kier molecular flexibility index (Phi) is 6.59. The molecule has 7 nitrogen and oxygen atoms in total. The molecular weight excluding hydrogens is 386 g/mol. The van der Waals surface area contributed by atoms with E-state index in [1.165, 1.54) is 31.0 Å². The number of hydrogen-bond donors (Lipinski definition) is 1. The normalized spacial score (nSPS) is 17.3. The number of benzene rings is 1. The second kappa shape index (κ2) is 8.92. The van der Waals surface area contributed by atoms with Gasteiger partial charge in [0.05, 0.1) is 9.82 Å². The minimum absolute atomic E-state index is 0.0391. The highest BCUT2D eigenvalue weighted by Crippen LogP contribution is 2.26. The van der Waals surface area contributed by atoms with Crippen molar-refractivity contribution in [1.82, 2.24) is 9.62 Å². The van der Waals surface area contributed by atoms with Crippen LogP contribution in [0.5, 0.6) is 0 Å². The van der Waals surface area contributed by atoms with Gasteiger partial charge in [0.1, 0.15) is 0 Å². The molecule has 1 aliphatic heterocycles. The zero-order valence-electron chi connectivity index (χ0n) is 14.9. The van der Waals surface area contributed by atoms with Gasteiger partial charge in [-0.2, -0.15) is 11.3 Å². The van der Waals surface area contributed by atoms with Crippen molar-refractivity contribution in [3.8, 4) is 0 Å². The number of hydrogen-bond acceptors (Lipinski definition) is 6. The van der Waals surface area contributed by atoms with E-state index in [1.54, 1.807) is 11.3 Å². The number of thiophene rings is 1. The number of non-ortho nitro benzene ring substituents is 1. The molecule has 0 bridgehead atoms. The molecular formula is C18H23N3O4S2. The van der Waals surface area contributed by atoms with E-state index >= 15 is 0 Å². The molecule has 1 unspecified atom stereocenters. The average molecular weight is 410 g/mol. The van der Waals surface area contributed by atoms with Crippen molar-refractivity contribution in [2.24, 2.45) is 0 Å². The van der Waals surface area contributed by atoms with Crippen LogP contribution in [0.25, 0.3) is 0 Å². The molecule has 1 N–H and O–H groups in total. The third-order valence-corrected chi connectivity index (χ3v) is 6.94. The fraction of sp³-hybridized carbons (Fsp3) is 0.444. The van der Waals surface area contributed by atoms with Gasteiger partial charge in [-0.05, 0) is 54.4 Å². The van der Waals surface area contributed by atoms with E-state index in [-0.39, 0.29) is 23.2 Å². The van der Waals surface area contributed by atoms with Crippen molar-refractivity contribution >= 4 is 27.0 Å². The Balaban J connectivity index is 1.78. The molecule has 1 aromatic heterocycles. The van der Waals surface area contributed by atoms with Crippen molar-refractivity contribution in [3.63, 3.8) is 0 Å². The van der Waals surface area contributed by atoms with Crippen molar-refractivity contribution in [2.45, 2.75) is 36.6 Å². The molecule has 2 heterocycles. The first-order chi connectivity index (χ1) is 13.0. The summed E-state index contributed by atoms with van der Waals surface area (Å²) >= 11 is 1.59. The molecule has 0 saturated carbocycles. The maximum atomic E-state index is 12.7. The molecule has 146 valence electrons. The highest BCUT2D eigenvalue weighted by atomic mass is 32.2. The van der Waals surface area contributed by atoms with Crippen LogP contribution in [0.1, 0.15) is 37.3 Å². The number of nitrogens with one attached hydrogen (secondary N) is 1. The standard InChI is InChI=1S/C18H23N3O4S2/c22-21(23)16-6-5-7-17(12-16)27(24,25)19-13-18(15-8-11-26-14-15)20-9-3-1-2-4-10-20/h5-8,11-12,14,18-19H,1-4,9-10,13H2. The van der Waals surface area contributed by atoms with Gasteiger partial charge in [0.2, 0.25) is 10.0 Å². The van der Waals surface area contributed by atoms with Crippen LogP contribution >= 0.6 is 11.3 Å². The summed E-state index contributed by atoms with van der Waals surface area (Å²) in [4.78, 5) is 12.6. The van der Waals surface area contributed by atoms with Crippen molar-refractivity contribution in [1.29, 1.82) is 0 Å². The Morgan fingerprint density at radius 1 is 1.19 bits per heavy atom. The lowest BCUT2D eigenvalue weighted by atomic mass is 10.1. The number of nitrogens with zero attached hydrogens (tertiary/aromatic N) is 2. The molecule has 9 heteroatoms. The van der Waals surface area contributed by atoms with Gasteiger partial charge >= 0.3 is 0 Å². The number of sulfonamides is 1. The van der Waals surface area contributed by atoms with Gasteiger partial charge in [-0.3, -0.25) is 15.0 Å². The average Bonchev–Trinajstić information content (AvgIpc) is 3.05. The number of rotatable bonds is 7. The summed E-state index contributed by atoms with van der Waals surface area (Å²) in [5.41, 5.74) is 0.864. The Bertz CT molecular complexity index is 860. The Labute approximate surface area is 163 Å². The van der Waals surface area contributed by atoms with Crippen LogP contribution in [0, 0.1) is 10.1 Å². The third-order valence-electron chi connectivity index (χ3n) is 4.81. The lowest BCUT2D eigenvalue weighted by molar-refractivity contribution is -0.385. The van der Waals surface area contributed by atoms with Crippen LogP contribution in [-0.4, -0.2) is 37.9 Å². The van der Waals surface area contributed by atoms with Crippen molar-refractivity contribution < 1.29 is 13.3 Å². The predicted molar refractivity (Wildman–Crippen MR) is 105 cm³/mol. The quantitative estimate of drug-likeness (QED) is 0.558. The largest absolute Gasteiger partial charge is 0.295 e. The first-order valence-corrected chi connectivity index (χ1v) is 11.4. The van der Waals surface area contributed by atoms with Gasteiger partial charge in [0.25, 0.3) is 5.69 Å². The van der Waals surface area contributed by atoms with Gasteiger partial charge in [0, 0.05) is 24.7 Å². The summed E-state index contributed by atoms with van der Waals surface area (Å²) in [5, 5.41) is 15.0. The van der Waals surface area contributed by atoms with Crippen LogP contribution in [0.15, 0.2) is 46.0 Å². The van der Waals surface area contributed by atoms with E-state index in [9.17, 15) is 18.5 Å². The molecule has 1 aromatic carbocycles. The molecule has 3 rings (SSSR count). The molecule has 1 fully saturated rings. The Morgan fingerprint density at radius 3 is 2.56 bits per heavy atom. The van der Waals surface area contributed by atoms with Crippen LogP contribution in [0.3, 0.4) is 0 Å². The Morgan fingerprint density at radius 2 is 1.93 bits per heavy atom. The summed E-state index contributed by atoms with van der Waals surface area (Å²) in [6.45, 7) is 2.12. The smallest absolute Gasteiger partial charge is 0.270 e. The minimum Gasteiger partial charge on any atom is -0.295 e. The molecule has 1 atom stereocenters. The van der Waals surface area contributed by atoms with E-state index < -0.39 is 14.9 Å². The second-order valence-corrected chi connectivity index (χ2v) is 9.18. The summed E-state index contributed by atoms with van der Waals surface area (Å²) in [6.07, 6.45) is 4.62. The van der Waals surface area contributed by atoms with Gasteiger partial charge in [-0.1, -0.05) is 18.9 Å². The minimum atomic E-state index is -3.83. The molecule has 0 aliphatic carbocycles. The summed E-state index contributed by atoms with van der Waals surface area (Å²) in [7, 11) is -3.83. The van der Waals surface area contributed by atoms with Crippen LogP contribution < -0.4 is 4.72 Å². The van der Waals surface area contributed by atoms with E-state index in [1.807, 2.05) is 11.4 Å². The summed E-state index contributed by atoms with van der Waals surface area (Å²) in [5.74, 6) is 0. The zero-order valence-corrected chi connectivity index (χ0v) is 16.5. The fourth-order valence-electron chi connectivity index (χ4n) is 3.37. The lowest BCUT2D eigenvalue weighted by Gasteiger charge is -2.30. The van der Waals surface area contributed by atoms with Crippen LogP contribution in [0.2, 0.25) is 0 Å². The number of nitro groups is 1.